The van der Waals surface area contributed by atoms with Crippen LogP contribution in [-0.4, -0.2) is 71.3 Å². The van der Waals surface area contributed by atoms with Crippen molar-refractivity contribution in [2.75, 3.05) is 12.3 Å². The summed E-state index contributed by atoms with van der Waals surface area (Å²) in [5.74, 6) is -0.729. The number of benzene rings is 1. The second kappa shape index (κ2) is 9.72. The van der Waals surface area contributed by atoms with Crippen molar-refractivity contribution in [1.29, 1.82) is 0 Å². The number of nitrogen functional groups attached to an aromatic ring is 1. The number of carbonyl (C=O) groups is 1. The predicted molar refractivity (Wildman–Crippen MR) is 116 cm³/mol. The van der Waals surface area contributed by atoms with E-state index in [4.69, 9.17) is 30.7 Å². The van der Waals surface area contributed by atoms with Gasteiger partial charge in [0.05, 0.1) is 12.9 Å². The van der Waals surface area contributed by atoms with Gasteiger partial charge in [0, 0.05) is 0 Å². The molecule has 1 aliphatic rings. The van der Waals surface area contributed by atoms with Gasteiger partial charge in [-0.25, -0.2) is 19.5 Å². The van der Waals surface area contributed by atoms with Crippen LogP contribution in [0.1, 0.15) is 11.8 Å². The van der Waals surface area contributed by atoms with Crippen molar-refractivity contribution in [2.45, 2.75) is 37.0 Å². The number of aliphatic hydroxyl groups is 1. The van der Waals surface area contributed by atoms with Gasteiger partial charge in [-0.05, 0) is 12.0 Å². The second-order valence-corrected chi connectivity index (χ2v) is 8.86. The van der Waals surface area contributed by atoms with Crippen molar-refractivity contribution in [2.24, 2.45) is 5.73 Å². The van der Waals surface area contributed by atoms with Gasteiger partial charge < -0.3 is 35.8 Å². The summed E-state index contributed by atoms with van der Waals surface area (Å²) in [6.07, 6.45) is -2.58. The fourth-order valence-electron chi connectivity index (χ4n) is 3.63. The van der Waals surface area contributed by atoms with Gasteiger partial charge in [0.2, 0.25) is 0 Å². The maximum atomic E-state index is 12.7. The molecule has 182 valence electrons. The van der Waals surface area contributed by atoms with Gasteiger partial charge in [-0.15, -0.1) is 0 Å². The molecule has 0 amide bonds. The largest absolute Gasteiger partial charge is 0.469 e. The molecule has 0 spiro atoms. The number of anilines is 1. The van der Waals surface area contributed by atoms with Gasteiger partial charge in [0.15, 0.2) is 23.8 Å². The van der Waals surface area contributed by atoms with Crippen molar-refractivity contribution in [3.05, 3.63) is 48.5 Å². The molecule has 34 heavy (non-hydrogen) atoms. The third-order valence-electron chi connectivity index (χ3n) is 5.23. The van der Waals surface area contributed by atoms with Gasteiger partial charge >= 0.3 is 13.8 Å². The minimum atomic E-state index is -4.87. The average molecular weight is 494 g/mol. The van der Waals surface area contributed by atoms with Crippen LogP contribution in [0.15, 0.2) is 43.0 Å². The van der Waals surface area contributed by atoms with Crippen molar-refractivity contribution in [3.63, 3.8) is 0 Å². The highest BCUT2D eigenvalue weighted by Gasteiger charge is 2.48. The van der Waals surface area contributed by atoms with Crippen molar-refractivity contribution in [1.82, 2.24) is 19.5 Å². The van der Waals surface area contributed by atoms with Gasteiger partial charge in [-0.2, -0.15) is 0 Å². The average Bonchev–Trinajstić information content (AvgIpc) is 3.35. The monoisotopic (exact) mass is 494 g/mol. The zero-order valence-corrected chi connectivity index (χ0v) is 18.5. The van der Waals surface area contributed by atoms with Crippen molar-refractivity contribution < 1.29 is 38.3 Å². The lowest BCUT2D eigenvalue weighted by Gasteiger charge is -2.22. The van der Waals surface area contributed by atoms with E-state index in [1.54, 1.807) is 24.3 Å². The van der Waals surface area contributed by atoms with E-state index in [-0.39, 0.29) is 23.4 Å². The molecule has 1 aliphatic heterocycles. The van der Waals surface area contributed by atoms with Gasteiger partial charge in [0.25, 0.3) is 0 Å². The molecule has 0 radical (unpaired) electrons. The molecule has 15 heteroatoms. The van der Waals surface area contributed by atoms with Crippen LogP contribution < -0.4 is 11.5 Å². The van der Waals surface area contributed by atoms with E-state index in [9.17, 15) is 14.5 Å². The first-order valence-corrected chi connectivity index (χ1v) is 11.6. The highest BCUT2D eigenvalue weighted by atomic mass is 31.2. The number of aromatic nitrogens is 4. The van der Waals surface area contributed by atoms with E-state index in [1.807, 2.05) is 6.07 Å². The molecule has 4 rings (SSSR count). The first-order chi connectivity index (χ1) is 16.1. The number of rotatable bonds is 8. The quantitative estimate of drug-likeness (QED) is 0.193. The highest BCUT2D eigenvalue weighted by Crippen LogP contribution is 2.39. The van der Waals surface area contributed by atoms with Crippen LogP contribution in [-0.2, 0) is 29.8 Å². The van der Waals surface area contributed by atoms with Gasteiger partial charge in [-0.1, -0.05) is 30.3 Å². The van der Waals surface area contributed by atoms with Gasteiger partial charge in [-0.3, -0.25) is 13.9 Å². The SMILES string of the molecule is Nc1ncnc2c1ncn2[C@@H]1O[C@H](COP(=O)(O)O)[C@@H](OC(=O)[C@@H](N)Cc2ccccc2)[C@H]1O. The molecule has 7 N–H and O–H groups in total. The molecule has 0 saturated carbocycles. The Kier molecular flexibility index (Phi) is 6.91. The molecule has 0 bridgehead atoms. The summed E-state index contributed by atoms with van der Waals surface area (Å²) in [7, 11) is -4.87. The molecule has 2 aromatic heterocycles. The third kappa shape index (κ3) is 5.23. The van der Waals surface area contributed by atoms with Crippen molar-refractivity contribution >= 4 is 30.8 Å². The Morgan fingerprint density at radius 2 is 1.97 bits per heavy atom. The number of esters is 1. The Bertz CT molecular complexity index is 1200. The van der Waals surface area contributed by atoms with Crippen LogP contribution in [0.25, 0.3) is 11.2 Å². The highest BCUT2D eigenvalue weighted by molar-refractivity contribution is 7.46. The summed E-state index contributed by atoms with van der Waals surface area (Å²) in [6.45, 7) is -0.673. The van der Waals surface area contributed by atoms with E-state index >= 15 is 0 Å². The molecule has 14 nitrogen and oxygen atoms in total. The van der Waals surface area contributed by atoms with Crippen LogP contribution in [0.2, 0.25) is 0 Å². The molecular formula is C19H23N6O8P. The van der Waals surface area contributed by atoms with E-state index in [0.29, 0.717) is 0 Å². The summed E-state index contributed by atoms with van der Waals surface area (Å²) in [5, 5.41) is 11.0. The summed E-state index contributed by atoms with van der Waals surface area (Å²) in [5.41, 5.74) is 13.1. The van der Waals surface area contributed by atoms with E-state index in [2.05, 4.69) is 19.5 Å². The number of hydrogen-bond acceptors (Lipinski definition) is 11. The van der Waals surface area contributed by atoms with Crippen LogP contribution in [0, 0.1) is 0 Å². The Balaban J connectivity index is 1.55. The molecule has 3 aromatic rings. The third-order valence-corrected chi connectivity index (χ3v) is 5.72. The lowest BCUT2D eigenvalue weighted by Crippen LogP contribution is -2.43. The van der Waals surface area contributed by atoms with Crippen LogP contribution in [0.4, 0.5) is 5.82 Å². The number of ether oxygens (including phenoxy) is 2. The Morgan fingerprint density at radius 1 is 1.24 bits per heavy atom. The normalized spacial score (nSPS) is 23.8. The van der Waals surface area contributed by atoms with Crippen LogP contribution in [0.5, 0.6) is 0 Å². The van der Waals surface area contributed by atoms with Gasteiger partial charge in [0.1, 0.15) is 30.1 Å². The van der Waals surface area contributed by atoms with Crippen LogP contribution >= 0.6 is 7.82 Å². The second-order valence-electron chi connectivity index (χ2n) is 7.62. The molecule has 5 atom stereocenters. The zero-order valence-electron chi connectivity index (χ0n) is 17.6. The molecule has 0 unspecified atom stereocenters. The lowest BCUT2D eigenvalue weighted by atomic mass is 10.1. The molecule has 1 aromatic carbocycles. The first-order valence-electron chi connectivity index (χ1n) is 10.1. The number of carbonyl (C=O) groups excluding carboxylic acids is 1. The Hall–Kier alpha value is -2.97. The maximum absolute atomic E-state index is 12.7. The molecule has 1 fully saturated rings. The molecule has 3 heterocycles. The number of phosphoric ester groups is 1. The Morgan fingerprint density at radius 3 is 2.68 bits per heavy atom. The Labute approximate surface area is 192 Å². The molecule has 0 aliphatic carbocycles. The van der Waals surface area contributed by atoms with E-state index < -0.39 is 51.0 Å². The summed E-state index contributed by atoms with van der Waals surface area (Å²) in [6, 6.07) is 7.96. The minimum absolute atomic E-state index is 0.104. The van der Waals surface area contributed by atoms with Crippen LogP contribution in [0.3, 0.4) is 0 Å². The van der Waals surface area contributed by atoms with E-state index in [0.717, 1.165) is 5.56 Å². The standard InChI is InChI=1S/C19H23N6O8P/c20-11(6-10-4-2-1-3-5-10)19(27)33-15-12(7-31-34(28,29)30)32-18(14(15)26)25-9-24-13-16(21)22-8-23-17(13)25/h1-5,8-9,11-12,14-15,18,26H,6-7,20H2,(H2,21,22,23)(H2,28,29,30)/t11-,12+,14+,15+,18+/m0/s1. The maximum Gasteiger partial charge on any atom is 0.469 e. The number of nitrogens with zero attached hydrogens (tertiary/aromatic N) is 4. The number of imidazole rings is 1. The zero-order chi connectivity index (χ0) is 24.5. The summed E-state index contributed by atoms with van der Waals surface area (Å²) < 4.78 is 28.3. The number of fused-ring (bicyclic) bond motifs is 1. The fourth-order valence-corrected chi connectivity index (χ4v) is 3.97. The molecular weight excluding hydrogens is 471 g/mol. The minimum Gasteiger partial charge on any atom is -0.455 e. The van der Waals surface area contributed by atoms with Crippen molar-refractivity contribution in [3.8, 4) is 0 Å². The fraction of sp³-hybridized carbons (Fsp3) is 0.368. The van der Waals surface area contributed by atoms with E-state index in [1.165, 1.54) is 17.2 Å². The number of aliphatic hydroxyl groups excluding tert-OH is 1. The summed E-state index contributed by atoms with van der Waals surface area (Å²) >= 11 is 0. The topological polar surface area (TPSA) is 218 Å². The molecule has 1 saturated heterocycles. The summed E-state index contributed by atoms with van der Waals surface area (Å²) in [4.78, 5) is 42.9. The number of nitrogens with two attached hydrogens (primary N) is 2. The predicted octanol–water partition coefficient (Wildman–Crippen LogP) is -0.742. The first kappa shape index (κ1) is 24.2. The smallest absolute Gasteiger partial charge is 0.455 e. The number of phosphoric acid groups is 1. The lowest BCUT2D eigenvalue weighted by molar-refractivity contribution is -0.158. The number of hydrogen-bond donors (Lipinski definition) is 5.